The molecule has 1 N–H and O–H groups in total. The Balaban J connectivity index is 2.48. The van der Waals surface area contributed by atoms with Crippen LogP contribution < -0.4 is 4.90 Å². The predicted molar refractivity (Wildman–Crippen MR) is 73.8 cm³/mol. The zero-order valence-electron chi connectivity index (χ0n) is 9.68. The summed E-state index contributed by atoms with van der Waals surface area (Å²) in [6.45, 7) is -0.370. The summed E-state index contributed by atoms with van der Waals surface area (Å²) in [6, 6.07) is 2.11. The van der Waals surface area contributed by atoms with E-state index in [-0.39, 0.29) is 27.5 Å². The topological polar surface area (TPSA) is 83.7 Å². The smallest absolute Gasteiger partial charge is 0.323 e. The number of hydrogen-bond donors (Lipinski definition) is 1. The van der Waals surface area contributed by atoms with Crippen LogP contribution in [0.3, 0.4) is 0 Å². The molecule has 0 saturated heterocycles. The van der Waals surface area contributed by atoms with E-state index in [0.29, 0.717) is 0 Å². The van der Waals surface area contributed by atoms with Gasteiger partial charge in [0.1, 0.15) is 18.0 Å². The quantitative estimate of drug-likeness (QED) is 0.482. The number of benzene rings is 1. The molecule has 1 aromatic carbocycles. The van der Waals surface area contributed by atoms with Crippen molar-refractivity contribution in [2.45, 2.75) is 18.9 Å². The van der Waals surface area contributed by atoms with Crippen molar-refractivity contribution in [2.24, 2.45) is 0 Å². The molecule has 0 heterocycles. The van der Waals surface area contributed by atoms with Gasteiger partial charge in [0.05, 0.1) is 8.49 Å². The predicted octanol–water partition coefficient (Wildman–Crippen LogP) is 2.39. The molecule has 1 aromatic rings. The maximum atomic E-state index is 13.6. The Hall–Kier alpha value is -1.45. The average molecular weight is 380 g/mol. The number of nitro groups is 1. The van der Waals surface area contributed by atoms with E-state index in [0.717, 1.165) is 25.0 Å². The average Bonchev–Trinajstić information content (AvgIpc) is 3.12. The Morgan fingerprint density at radius 1 is 1.58 bits per heavy atom. The molecule has 0 spiro atoms. The van der Waals surface area contributed by atoms with Crippen LogP contribution in [-0.4, -0.2) is 28.6 Å². The van der Waals surface area contributed by atoms with Crippen LogP contribution >= 0.6 is 22.6 Å². The van der Waals surface area contributed by atoms with Crippen molar-refractivity contribution in [3.63, 3.8) is 0 Å². The first kappa shape index (κ1) is 14.0. The van der Waals surface area contributed by atoms with Crippen molar-refractivity contribution in [1.82, 2.24) is 0 Å². The van der Waals surface area contributed by atoms with E-state index in [4.69, 9.17) is 5.11 Å². The molecule has 0 aromatic heterocycles. The van der Waals surface area contributed by atoms with Crippen LogP contribution in [0.5, 0.6) is 0 Å². The lowest BCUT2D eigenvalue weighted by Gasteiger charge is -2.22. The largest absolute Gasteiger partial charge is 0.480 e. The highest BCUT2D eigenvalue weighted by Gasteiger charge is 2.34. The molecule has 102 valence electrons. The number of halogens is 2. The number of nitrogens with zero attached hydrogens (tertiary/aromatic N) is 2. The molecule has 0 atom stereocenters. The Kier molecular flexibility index (Phi) is 3.88. The minimum Gasteiger partial charge on any atom is -0.480 e. The molecule has 1 fully saturated rings. The van der Waals surface area contributed by atoms with Crippen LogP contribution in [-0.2, 0) is 4.79 Å². The van der Waals surface area contributed by atoms with Crippen molar-refractivity contribution in [3.8, 4) is 0 Å². The molecule has 0 aliphatic heterocycles. The molecule has 1 saturated carbocycles. The van der Waals surface area contributed by atoms with E-state index < -0.39 is 16.7 Å². The highest BCUT2D eigenvalue weighted by atomic mass is 127. The second-order valence-corrected chi connectivity index (χ2v) is 5.43. The fraction of sp³-hybridized carbons (Fsp3) is 0.364. The second kappa shape index (κ2) is 5.27. The van der Waals surface area contributed by atoms with Gasteiger partial charge < -0.3 is 10.0 Å². The summed E-state index contributed by atoms with van der Waals surface area (Å²) in [6.07, 6.45) is 1.52. The van der Waals surface area contributed by atoms with Gasteiger partial charge in [-0.3, -0.25) is 14.9 Å². The first-order chi connectivity index (χ1) is 8.90. The van der Waals surface area contributed by atoms with Crippen LogP contribution in [0.4, 0.5) is 15.8 Å². The molecular weight excluding hydrogens is 370 g/mol. The van der Waals surface area contributed by atoms with Crippen LogP contribution in [0.15, 0.2) is 12.1 Å². The van der Waals surface area contributed by atoms with Crippen LogP contribution in [0.1, 0.15) is 12.8 Å². The van der Waals surface area contributed by atoms with Gasteiger partial charge in [0, 0.05) is 18.2 Å². The number of nitro benzene ring substituents is 1. The maximum Gasteiger partial charge on any atom is 0.323 e. The van der Waals surface area contributed by atoms with Crippen molar-refractivity contribution in [2.75, 3.05) is 11.4 Å². The molecule has 8 heteroatoms. The Morgan fingerprint density at radius 3 is 2.68 bits per heavy atom. The van der Waals surface area contributed by atoms with E-state index in [1.54, 1.807) is 22.6 Å². The van der Waals surface area contributed by atoms with E-state index in [9.17, 15) is 19.3 Å². The fourth-order valence-electron chi connectivity index (χ4n) is 1.85. The van der Waals surface area contributed by atoms with Gasteiger partial charge in [-0.1, -0.05) is 0 Å². The summed E-state index contributed by atoms with van der Waals surface area (Å²) in [5.74, 6) is -1.68. The van der Waals surface area contributed by atoms with E-state index in [2.05, 4.69) is 0 Å². The van der Waals surface area contributed by atoms with Crippen molar-refractivity contribution in [1.29, 1.82) is 0 Å². The normalized spacial score (nSPS) is 14.2. The summed E-state index contributed by atoms with van der Waals surface area (Å²) in [5, 5.41) is 19.9. The zero-order valence-corrected chi connectivity index (χ0v) is 11.8. The summed E-state index contributed by atoms with van der Waals surface area (Å²) in [4.78, 5) is 22.6. The highest BCUT2D eigenvalue weighted by molar-refractivity contribution is 14.1. The van der Waals surface area contributed by atoms with Crippen molar-refractivity contribution < 1.29 is 19.2 Å². The van der Waals surface area contributed by atoms with Gasteiger partial charge in [0.15, 0.2) is 0 Å². The number of carbonyl (C=O) groups is 1. The third-order valence-electron chi connectivity index (χ3n) is 2.82. The number of rotatable bonds is 5. The lowest BCUT2D eigenvalue weighted by Crippen LogP contribution is -2.32. The van der Waals surface area contributed by atoms with E-state index in [1.807, 2.05) is 0 Å². The van der Waals surface area contributed by atoms with Gasteiger partial charge in [-0.25, -0.2) is 4.39 Å². The monoisotopic (exact) mass is 380 g/mol. The fourth-order valence-corrected chi connectivity index (χ4v) is 2.30. The molecule has 0 bridgehead atoms. The number of carboxylic acids is 1. The standard InChI is InChI=1S/C11H10FIN2O4/c12-7-3-9(10(15(18)19)4-8(7)13)14(5-11(16)17)6-1-2-6/h3-4,6H,1-2,5H2,(H,16,17). The second-order valence-electron chi connectivity index (χ2n) is 4.26. The third-order valence-corrected chi connectivity index (χ3v) is 3.64. The van der Waals surface area contributed by atoms with Gasteiger partial charge in [0.25, 0.3) is 5.69 Å². The molecule has 0 radical (unpaired) electrons. The van der Waals surface area contributed by atoms with E-state index >= 15 is 0 Å². The zero-order chi connectivity index (χ0) is 14.2. The number of carboxylic acid groups (broad SMARTS) is 1. The molecule has 6 nitrogen and oxygen atoms in total. The van der Waals surface area contributed by atoms with Crippen LogP contribution in [0, 0.1) is 19.5 Å². The van der Waals surface area contributed by atoms with E-state index in [1.165, 1.54) is 4.90 Å². The highest BCUT2D eigenvalue weighted by Crippen LogP contribution is 2.38. The minimum atomic E-state index is -1.10. The Bertz CT molecular complexity index is 548. The minimum absolute atomic E-state index is 0.0350. The van der Waals surface area contributed by atoms with Gasteiger partial charge >= 0.3 is 5.97 Å². The molecular formula is C11H10FIN2O4. The third kappa shape index (κ3) is 3.11. The summed E-state index contributed by atoms with van der Waals surface area (Å²) >= 11 is 1.67. The molecule has 0 unspecified atom stereocenters. The maximum absolute atomic E-state index is 13.6. The Labute approximate surface area is 121 Å². The van der Waals surface area contributed by atoms with Crippen LogP contribution in [0.25, 0.3) is 0 Å². The molecule has 0 amide bonds. The van der Waals surface area contributed by atoms with Crippen molar-refractivity contribution >= 4 is 39.9 Å². The van der Waals surface area contributed by atoms with Crippen molar-refractivity contribution in [3.05, 3.63) is 31.6 Å². The van der Waals surface area contributed by atoms with Gasteiger partial charge in [-0.05, 0) is 35.4 Å². The Morgan fingerprint density at radius 2 is 2.21 bits per heavy atom. The summed E-state index contributed by atoms with van der Waals surface area (Å²) in [5.41, 5.74) is -0.230. The summed E-state index contributed by atoms with van der Waals surface area (Å²) < 4.78 is 13.7. The number of aliphatic carboxylic acids is 1. The molecule has 19 heavy (non-hydrogen) atoms. The first-order valence-corrected chi connectivity index (χ1v) is 6.60. The molecule has 2 rings (SSSR count). The lowest BCUT2D eigenvalue weighted by molar-refractivity contribution is -0.384. The molecule has 1 aliphatic rings. The summed E-state index contributed by atoms with van der Waals surface area (Å²) in [7, 11) is 0. The molecule has 1 aliphatic carbocycles. The van der Waals surface area contributed by atoms with Gasteiger partial charge in [-0.2, -0.15) is 0 Å². The van der Waals surface area contributed by atoms with Gasteiger partial charge in [0.2, 0.25) is 0 Å². The number of hydrogen-bond acceptors (Lipinski definition) is 4. The lowest BCUT2D eigenvalue weighted by atomic mass is 10.2. The van der Waals surface area contributed by atoms with Gasteiger partial charge in [-0.15, -0.1) is 0 Å². The van der Waals surface area contributed by atoms with Crippen LogP contribution in [0.2, 0.25) is 0 Å². The first-order valence-electron chi connectivity index (χ1n) is 5.52. The SMILES string of the molecule is O=C(O)CN(c1cc(F)c(I)cc1[N+](=O)[O-])C1CC1. The number of anilines is 1.